The van der Waals surface area contributed by atoms with E-state index in [1.165, 1.54) is 12.2 Å². The lowest BCUT2D eigenvalue weighted by molar-refractivity contribution is -0.130. The number of amides is 2. The van der Waals surface area contributed by atoms with Gasteiger partial charge in [-0.1, -0.05) is 12.1 Å². The number of nitrogens with one attached hydrogen (secondary N) is 1. The van der Waals surface area contributed by atoms with E-state index in [1.807, 2.05) is 31.2 Å². The summed E-state index contributed by atoms with van der Waals surface area (Å²) in [6, 6.07) is 7.50. The summed E-state index contributed by atoms with van der Waals surface area (Å²) >= 11 is 0. The molecule has 0 aromatic heterocycles. The van der Waals surface area contributed by atoms with Crippen LogP contribution in [0.5, 0.6) is 0 Å². The second-order valence-electron chi connectivity index (χ2n) is 4.63. The molecule has 0 atom stereocenters. The third-order valence-corrected chi connectivity index (χ3v) is 2.99. The summed E-state index contributed by atoms with van der Waals surface area (Å²) < 4.78 is 5.17. The summed E-state index contributed by atoms with van der Waals surface area (Å²) in [5, 5.41) is 2.72. The Kier molecular flexibility index (Phi) is 4.90. The second kappa shape index (κ2) is 6.86. The molecule has 1 aliphatic rings. The summed E-state index contributed by atoms with van der Waals surface area (Å²) in [5.41, 5.74) is 1.79. The van der Waals surface area contributed by atoms with Gasteiger partial charge in [-0.3, -0.25) is 9.59 Å². The SMILES string of the molecule is Cc1cccc(NC(=O)/C=C\C(=O)N2CCOCC2)c1. The molecular formula is C15H18N2O3. The van der Waals surface area contributed by atoms with Crippen LogP contribution in [0.15, 0.2) is 36.4 Å². The topological polar surface area (TPSA) is 58.6 Å². The maximum Gasteiger partial charge on any atom is 0.248 e. The van der Waals surface area contributed by atoms with Gasteiger partial charge in [-0.15, -0.1) is 0 Å². The Labute approximate surface area is 118 Å². The fourth-order valence-electron chi connectivity index (χ4n) is 1.94. The van der Waals surface area contributed by atoms with Crippen molar-refractivity contribution in [3.63, 3.8) is 0 Å². The number of carbonyl (C=O) groups excluding carboxylic acids is 2. The predicted octanol–water partition coefficient (Wildman–Crippen LogP) is 1.35. The third-order valence-electron chi connectivity index (χ3n) is 2.99. The zero-order valence-corrected chi connectivity index (χ0v) is 11.5. The summed E-state index contributed by atoms with van der Waals surface area (Å²) in [6.07, 6.45) is 2.57. The van der Waals surface area contributed by atoms with Gasteiger partial charge < -0.3 is 15.0 Å². The number of rotatable bonds is 3. The maximum atomic E-state index is 11.8. The van der Waals surface area contributed by atoms with E-state index in [-0.39, 0.29) is 11.8 Å². The standard InChI is InChI=1S/C15H18N2O3/c1-12-3-2-4-13(11-12)16-14(18)5-6-15(19)17-7-9-20-10-8-17/h2-6,11H,7-10H2,1H3,(H,16,18)/b6-5-. The third kappa shape index (κ3) is 4.20. The van der Waals surface area contributed by atoms with Crippen LogP contribution in [-0.4, -0.2) is 43.0 Å². The highest BCUT2D eigenvalue weighted by Gasteiger charge is 2.14. The van der Waals surface area contributed by atoms with Crippen molar-refractivity contribution in [3.8, 4) is 0 Å². The minimum atomic E-state index is -0.308. The van der Waals surface area contributed by atoms with E-state index in [0.29, 0.717) is 26.3 Å². The van der Waals surface area contributed by atoms with Gasteiger partial charge in [-0.05, 0) is 24.6 Å². The van der Waals surface area contributed by atoms with Gasteiger partial charge in [0.15, 0.2) is 0 Å². The van der Waals surface area contributed by atoms with Gasteiger partial charge in [0.05, 0.1) is 13.2 Å². The molecule has 5 nitrogen and oxygen atoms in total. The van der Waals surface area contributed by atoms with Crippen LogP contribution in [0, 0.1) is 6.92 Å². The Bertz CT molecular complexity index is 520. The number of nitrogens with zero attached hydrogens (tertiary/aromatic N) is 1. The molecular weight excluding hydrogens is 256 g/mol. The zero-order valence-electron chi connectivity index (χ0n) is 11.5. The van der Waals surface area contributed by atoms with Gasteiger partial charge in [0.25, 0.3) is 0 Å². The summed E-state index contributed by atoms with van der Waals surface area (Å²) in [5.74, 6) is -0.468. The van der Waals surface area contributed by atoms with Gasteiger partial charge in [-0.25, -0.2) is 0 Å². The zero-order chi connectivity index (χ0) is 14.4. The van der Waals surface area contributed by atoms with Crippen molar-refractivity contribution in [1.82, 2.24) is 4.90 Å². The largest absolute Gasteiger partial charge is 0.378 e. The smallest absolute Gasteiger partial charge is 0.248 e. The molecule has 0 spiro atoms. The lowest BCUT2D eigenvalue weighted by Crippen LogP contribution is -2.39. The highest BCUT2D eigenvalue weighted by molar-refractivity contribution is 6.03. The Hall–Kier alpha value is -2.14. The summed E-state index contributed by atoms with van der Waals surface area (Å²) in [6.45, 7) is 4.20. The molecule has 1 saturated heterocycles. The predicted molar refractivity (Wildman–Crippen MR) is 76.3 cm³/mol. The van der Waals surface area contributed by atoms with Gasteiger partial charge in [-0.2, -0.15) is 0 Å². The molecule has 0 unspecified atom stereocenters. The lowest BCUT2D eigenvalue weighted by atomic mass is 10.2. The first-order valence-corrected chi connectivity index (χ1v) is 6.57. The van der Waals surface area contributed by atoms with Crippen LogP contribution < -0.4 is 5.32 Å². The molecule has 2 rings (SSSR count). The van der Waals surface area contributed by atoms with Crippen molar-refractivity contribution in [3.05, 3.63) is 42.0 Å². The highest BCUT2D eigenvalue weighted by Crippen LogP contribution is 2.09. The fraction of sp³-hybridized carbons (Fsp3) is 0.333. The van der Waals surface area contributed by atoms with Crippen molar-refractivity contribution < 1.29 is 14.3 Å². The first kappa shape index (κ1) is 14.3. The van der Waals surface area contributed by atoms with Gasteiger partial charge >= 0.3 is 0 Å². The van der Waals surface area contributed by atoms with Crippen molar-refractivity contribution in [2.24, 2.45) is 0 Å². The van der Waals surface area contributed by atoms with Crippen LogP contribution >= 0.6 is 0 Å². The Morgan fingerprint density at radius 2 is 2.00 bits per heavy atom. The monoisotopic (exact) mass is 274 g/mol. The van der Waals surface area contributed by atoms with Crippen molar-refractivity contribution in [2.75, 3.05) is 31.6 Å². The first-order chi connectivity index (χ1) is 9.65. The number of morpholine rings is 1. The van der Waals surface area contributed by atoms with Crippen LogP contribution in [0.3, 0.4) is 0 Å². The van der Waals surface area contributed by atoms with Crippen molar-refractivity contribution in [2.45, 2.75) is 6.92 Å². The molecule has 20 heavy (non-hydrogen) atoms. The van der Waals surface area contributed by atoms with E-state index >= 15 is 0 Å². The Morgan fingerprint density at radius 1 is 1.25 bits per heavy atom. The minimum absolute atomic E-state index is 0.160. The first-order valence-electron chi connectivity index (χ1n) is 6.57. The molecule has 5 heteroatoms. The average Bonchev–Trinajstić information content (AvgIpc) is 2.46. The van der Waals surface area contributed by atoms with E-state index in [4.69, 9.17) is 4.74 Å². The van der Waals surface area contributed by atoms with E-state index < -0.39 is 0 Å². The molecule has 1 N–H and O–H groups in total. The quantitative estimate of drug-likeness (QED) is 0.846. The van der Waals surface area contributed by atoms with Crippen molar-refractivity contribution in [1.29, 1.82) is 0 Å². The average molecular weight is 274 g/mol. The number of hydrogen-bond acceptors (Lipinski definition) is 3. The number of anilines is 1. The van der Waals surface area contributed by atoms with Gasteiger partial charge in [0, 0.05) is 30.9 Å². The second-order valence-corrected chi connectivity index (χ2v) is 4.63. The van der Waals surface area contributed by atoms with E-state index in [0.717, 1.165) is 11.3 Å². The molecule has 0 bridgehead atoms. The summed E-state index contributed by atoms with van der Waals surface area (Å²) in [4.78, 5) is 25.2. The molecule has 1 fully saturated rings. The van der Waals surface area contributed by atoms with Gasteiger partial charge in [0.1, 0.15) is 0 Å². The van der Waals surface area contributed by atoms with E-state index in [9.17, 15) is 9.59 Å². The molecule has 1 aliphatic heterocycles. The molecule has 0 radical (unpaired) electrons. The van der Waals surface area contributed by atoms with E-state index in [2.05, 4.69) is 5.32 Å². The number of benzene rings is 1. The molecule has 2 amide bonds. The number of carbonyl (C=O) groups is 2. The van der Waals surface area contributed by atoms with Crippen molar-refractivity contribution >= 4 is 17.5 Å². The number of ether oxygens (including phenoxy) is 1. The van der Waals surface area contributed by atoms with Crippen LogP contribution in [0.2, 0.25) is 0 Å². The number of hydrogen-bond donors (Lipinski definition) is 1. The van der Waals surface area contributed by atoms with Gasteiger partial charge in [0.2, 0.25) is 11.8 Å². The van der Waals surface area contributed by atoms with E-state index in [1.54, 1.807) is 4.90 Å². The normalized spacial score (nSPS) is 15.3. The molecule has 1 heterocycles. The molecule has 106 valence electrons. The summed E-state index contributed by atoms with van der Waals surface area (Å²) in [7, 11) is 0. The molecule has 0 aliphatic carbocycles. The highest BCUT2D eigenvalue weighted by atomic mass is 16.5. The Morgan fingerprint density at radius 3 is 2.70 bits per heavy atom. The molecule has 0 saturated carbocycles. The van der Waals surface area contributed by atoms with Crippen LogP contribution in [-0.2, 0) is 14.3 Å². The number of aryl methyl sites for hydroxylation is 1. The van der Waals surface area contributed by atoms with Crippen LogP contribution in [0.25, 0.3) is 0 Å². The Balaban J connectivity index is 1.87. The molecule has 1 aromatic rings. The fourth-order valence-corrected chi connectivity index (χ4v) is 1.94. The van der Waals surface area contributed by atoms with Crippen LogP contribution in [0.1, 0.15) is 5.56 Å². The minimum Gasteiger partial charge on any atom is -0.378 e. The maximum absolute atomic E-state index is 11.8. The molecule has 1 aromatic carbocycles. The lowest BCUT2D eigenvalue weighted by Gasteiger charge is -2.25. The van der Waals surface area contributed by atoms with Crippen LogP contribution in [0.4, 0.5) is 5.69 Å².